The van der Waals surface area contributed by atoms with Crippen LogP contribution in [0.2, 0.25) is 0 Å². The minimum absolute atomic E-state index is 0.0790. The van der Waals surface area contributed by atoms with Gasteiger partial charge in [0.25, 0.3) is 0 Å². The third kappa shape index (κ3) is 2.35. The van der Waals surface area contributed by atoms with Crippen molar-refractivity contribution in [2.75, 3.05) is 18.4 Å². The van der Waals surface area contributed by atoms with Gasteiger partial charge in [0.2, 0.25) is 5.91 Å². The van der Waals surface area contributed by atoms with Crippen LogP contribution in [0.5, 0.6) is 0 Å². The van der Waals surface area contributed by atoms with Gasteiger partial charge >= 0.3 is 6.03 Å². The van der Waals surface area contributed by atoms with Crippen LogP contribution in [-0.2, 0) is 11.3 Å². The molecule has 1 aromatic heterocycles. The van der Waals surface area contributed by atoms with Gasteiger partial charge in [0.05, 0.1) is 13.1 Å². The molecule has 1 fully saturated rings. The lowest BCUT2D eigenvalue weighted by molar-refractivity contribution is -0.125. The van der Waals surface area contributed by atoms with Crippen LogP contribution in [-0.4, -0.2) is 34.9 Å². The fourth-order valence-corrected chi connectivity index (χ4v) is 1.68. The van der Waals surface area contributed by atoms with Crippen LogP contribution in [0, 0.1) is 0 Å². The number of carbonyl (C=O) groups is 2. The smallest absolute Gasteiger partial charge is 0.324 e. The van der Waals surface area contributed by atoms with Crippen molar-refractivity contribution in [3.63, 3.8) is 0 Å². The number of anilines is 1. The van der Waals surface area contributed by atoms with E-state index < -0.39 is 0 Å². The van der Waals surface area contributed by atoms with Gasteiger partial charge in [0.15, 0.2) is 0 Å². The summed E-state index contributed by atoms with van der Waals surface area (Å²) >= 11 is 0. The topological polar surface area (TPSA) is 74.3 Å². The molecule has 0 spiro atoms. The molecule has 2 heterocycles. The Bertz CT molecular complexity index is 431. The Balaban J connectivity index is 2.17. The van der Waals surface area contributed by atoms with Crippen LogP contribution in [0.15, 0.2) is 18.3 Å². The molecule has 0 bridgehead atoms. The van der Waals surface area contributed by atoms with E-state index in [4.69, 9.17) is 0 Å². The maximum absolute atomic E-state index is 11.5. The van der Waals surface area contributed by atoms with E-state index in [0.717, 1.165) is 12.1 Å². The first-order valence-corrected chi connectivity index (χ1v) is 5.48. The SMILES string of the molecule is CCNc1ncccc1CN1C(=O)CNC1=O. The van der Waals surface area contributed by atoms with Crippen LogP contribution in [0.3, 0.4) is 0 Å². The fourth-order valence-electron chi connectivity index (χ4n) is 1.68. The van der Waals surface area contributed by atoms with Gasteiger partial charge in [-0.05, 0) is 13.0 Å². The molecule has 0 aliphatic carbocycles. The lowest BCUT2D eigenvalue weighted by atomic mass is 10.2. The van der Waals surface area contributed by atoms with Gasteiger partial charge in [-0.2, -0.15) is 0 Å². The van der Waals surface area contributed by atoms with Crippen molar-refractivity contribution in [1.29, 1.82) is 0 Å². The molecule has 0 radical (unpaired) electrons. The summed E-state index contributed by atoms with van der Waals surface area (Å²) in [5.74, 6) is 0.504. The van der Waals surface area contributed by atoms with Crippen molar-refractivity contribution in [3.05, 3.63) is 23.9 Å². The monoisotopic (exact) mass is 234 g/mol. The van der Waals surface area contributed by atoms with Crippen molar-refractivity contribution < 1.29 is 9.59 Å². The zero-order valence-electron chi connectivity index (χ0n) is 9.56. The van der Waals surface area contributed by atoms with Crippen molar-refractivity contribution in [1.82, 2.24) is 15.2 Å². The summed E-state index contributed by atoms with van der Waals surface area (Å²) in [6.45, 7) is 3.03. The van der Waals surface area contributed by atoms with E-state index in [1.807, 2.05) is 13.0 Å². The predicted molar refractivity (Wildman–Crippen MR) is 62.3 cm³/mol. The summed E-state index contributed by atoms with van der Waals surface area (Å²) in [6.07, 6.45) is 1.67. The van der Waals surface area contributed by atoms with Crippen molar-refractivity contribution in [3.8, 4) is 0 Å². The quantitative estimate of drug-likeness (QED) is 0.747. The molecule has 90 valence electrons. The molecule has 2 rings (SSSR count). The summed E-state index contributed by atoms with van der Waals surface area (Å²) in [5, 5.41) is 5.59. The molecule has 3 amide bonds. The van der Waals surface area contributed by atoms with Gasteiger partial charge in [0.1, 0.15) is 5.82 Å². The van der Waals surface area contributed by atoms with Gasteiger partial charge in [-0.25, -0.2) is 9.78 Å². The number of nitrogens with zero attached hydrogens (tertiary/aromatic N) is 2. The summed E-state index contributed by atoms with van der Waals surface area (Å²) in [7, 11) is 0. The maximum Gasteiger partial charge on any atom is 0.324 e. The molecule has 0 aromatic carbocycles. The number of aromatic nitrogens is 1. The van der Waals surface area contributed by atoms with Gasteiger partial charge in [-0.15, -0.1) is 0 Å². The number of hydrogen-bond donors (Lipinski definition) is 2. The molecule has 1 aromatic rings. The molecule has 1 saturated heterocycles. The molecule has 0 atom stereocenters. The number of carbonyl (C=O) groups excluding carboxylic acids is 2. The number of rotatable bonds is 4. The molecular formula is C11H14N4O2. The van der Waals surface area contributed by atoms with E-state index in [-0.39, 0.29) is 25.0 Å². The van der Waals surface area contributed by atoms with Crippen LogP contribution < -0.4 is 10.6 Å². The first-order valence-electron chi connectivity index (χ1n) is 5.48. The number of nitrogens with one attached hydrogen (secondary N) is 2. The Morgan fingerprint density at radius 2 is 2.35 bits per heavy atom. The molecule has 2 N–H and O–H groups in total. The van der Waals surface area contributed by atoms with E-state index in [1.54, 1.807) is 12.3 Å². The minimum atomic E-state index is -0.346. The van der Waals surface area contributed by atoms with Crippen molar-refractivity contribution >= 4 is 17.8 Å². The Kier molecular flexibility index (Phi) is 3.22. The van der Waals surface area contributed by atoms with Crippen molar-refractivity contribution in [2.45, 2.75) is 13.5 Å². The zero-order valence-corrected chi connectivity index (χ0v) is 9.56. The summed E-state index contributed by atoms with van der Waals surface area (Å²) < 4.78 is 0. The minimum Gasteiger partial charge on any atom is -0.370 e. The van der Waals surface area contributed by atoms with Crippen LogP contribution >= 0.6 is 0 Å². The third-order valence-corrected chi connectivity index (χ3v) is 2.50. The first kappa shape index (κ1) is 11.4. The Morgan fingerprint density at radius 1 is 1.53 bits per heavy atom. The van der Waals surface area contributed by atoms with Crippen LogP contribution in [0.25, 0.3) is 0 Å². The average Bonchev–Trinajstić information content (AvgIpc) is 2.64. The Labute approximate surface area is 99.0 Å². The lowest BCUT2D eigenvalue weighted by Crippen LogP contribution is -2.30. The summed E-state index contributed by atoms with van der Waals surface area (Å²) in [4.78, 5) is 28.2. The molecule has 0 saturated carbocycles. The van der Waals surface area contributed by atoms with E-state index in [9.17, 15) is 9.59 Å². The maximum atomic E-state index is 11.5. The van der Waals surface area contributed by atoms with Gasteiger partial charge in [0, 0.05) is 18.3 Å². The first-order chi connectivity index (χ1) is 8.22. The number of hydrogen-bond acceptors (Lipinski definition) is 4. The van der Waals surface area contributed by atoms with Crippen LogP contribution in [0.1, 0.15) is 12.5 Å². The highest BCUT2D eigenvalue weighted by molar-refractivity contribution is 6.01. The predicted octanol–water partition coefficient (Wildman–Crippen LogP) is 0.565. The standard InChI is InChI=1S/C11H14N4O2/c1-2-12-10-8(4-3-5-13-10)7-15-9(16)6-14-11(15)17/h3-5H,2,6-7H2,1H3,(H,12,13)(H,14,17). The molecule has 1 aliphatic rings. The molecular weight excluding hydrogens is 220 g/mol. The number of amides is 3. The second-order valence-electron chi connectivity index (χ2n) is 3.68. The van der Waals surface area contributed by atoms with Gasteiger partial charge in [-0.3, -0.25) is 9.69 Å². The Morgan fingerprint density at radius 3 is 3.00 bits per heavy atom. The van der Waals surface area contributed by atoms with Crippen LogP contribution in [0.4, 0.5) is 10.6 Å². The van der Waals surface area contributed by atoms with E-state index in [0.29, 0.717) is 5.82 Å². The number of pyridine rings is 1. The third-order valence-electron chi connectivity index (χ3n) is 2.50. The number of urea groups is 1. The zero-order chi connectivity index (χ0) is 12.3. The Hall–Kier alpha value is -2.11. The van der Waals surface area contributed by atoms with E-state index in [2.05, 4.69) is 15.6 Å². The second-order valence-corrected chi connectivity index (χ2v) is 3.68. The van der Waals surface area contributed by atoms with E-state index in [1.165, 1.54) is 4.90 Å². The molecule has 6 nitrogen and oxygen atoms in total. The normalized spacial score (nSPS) is 15.0. The lowest BCUT2D eigenvalue weighted by Gasteiger charge is -2.15. The van der Waals surface area contributed by atoms with Gasteiger partial charge in [-0.1, -0.05) is 6.07 Å². The highest BCUT2D eigenvalue weighted by Crippen LogP contribution is 2.15. The average molecular weight is 234 g/mol. The molecule has 6 heteroatoms. The molecule has 0 unspecified atom stereocenters. The highest BCUT2D eigenvalue weighted by atomic mass is 16.2. The molecule has 1 aliphatic heterocycles. The highest BCUT2D eigenvalue weighted by Gasteiger charge is 2.28. The number of imide groups is 1. The second kappa shape index (κ2) is 4.82. The van der Waals surface area contributed by atoms with Gasteiger partial charge < -0.3 is 10.6 Å². The fraction of sp³-hybridized carbons (Fsp3) is 0.364. The van der Waals surface area contributed by atoms with Crippen molar-refractivity contribution in [2.24, 2.45) is 0 Å². The molecule has 17 heavy (non-hydrogen) atoms. The van der Waals surface area contributed by atoms with E-state index >= 15 is 0 Å². The summed E-state index contributed by atoms with van der Waals surface area (Å²) in [5.41, 5.74) is 0.833. The largest absolute Gasteiger partial charge is 0.370 e. The summed E-state index contributed by atoms with van der Waals surface area (Å²) in [6, 6.07) is 3.29.